The number of hydrogen-bond acceptors (Lipinski definition) is 2. The highest BCUT2D eigenvalue weighted by Gasteiger charge is 2.31. The minimum Gasteiger partial charge on any atom is -0.481 e. The minimum atomic E-state index is -0.810. The Bertz CT molecular complexity index is 763. The van der Waals surface area contributed by atoms with Crippen molar-refractivity contribution in [3.05, 3.63) is 35.5 Å². The molecule has 1 aliphatic rings. The number of carbonyl (C=O) groups excluding carboxylic acids is 1. The Morgan fingerprint density at radius 1 is 1.30 bits per heavy atom. The molecule has 1 atom stereocenters. The van der Waals surface area contributed by atoms with Crippen molar-refractivity contribution in [2.75, 3.05) is 13.1 Å². The first kappa shape index (κ1) is 15.6. The van der Waals surface area contributed by atoms with E-state index in [2.05, 4.69) is 0 Å². The van der Waals surface area contributed by atoms with Gasteiger partial charge in [0.1, 0.15) is 5.69 Å². The highest BCUT2D eigenvalue weighted by molar-refractivity contribution is 6.01. The highest BCUT2D eigenvalue weighted by atomic mass is 16.4. The zero-order chi connectivity index (χ0) is 16.6. The molecule has 2 aromatic rings. The van der Waals surface area contributed by atoms with Crippen LogP contribution in [0.4, 0.5) is 0 Å². The lowest BCUT2D eigenvalue weighted by Gasteiger charge is -2.31. The van der Waals surface area contributed by atoms with Crippen LogP contribution in [0.3, 0.4) is 0 Å². The van der Waals surface area contributed by atoms with Crippen LogP contribution >= 0.6 is 0 Å². The van der Waals surface area contributed by atoms with Gasteiger partial charge in [0.2, 0.25) is 0 Å². The van der Waals surface area contributed by atoms with E-state index in [1.165, 1.54) is 0 Å². The Hall–Kier alpha value is -2.30. The maximum absolute atomic E-state index is 13.1. The second kappa shape index (κ2) is 6.07. The van der Waals surface area contributed by atoms with Gasteiger partial charge >= 0.3 is 5.97 Å². The van der Waals surface area contributed by atoms with Crippen molar-refractivity contribution in [2.24, 2.45) is 5.92 Å². The summed E-state index contributed by atoms with van der Waals surface area (Å²) in [4.78, 5) is 26.0. The molecule has 5 heteroatoms. The number of fused-ring (bicyclic) bond motifs is 1. The van der Waals surface area contributed by atoms with E-state index in [1.807, 2.05) is 42.7 Å². The van der Waals surface area contributed by atoms with E-state index in [0.29, 0.717) is 31.7 Å². The molecule has 1 saturated heterocycles. The summed E-state index contributed by atoms with van der Waals surface area (Å²) in [6.07, 6.45) is 1.39. The van der Waals surface area contributed by atoms with E-state index in [9.17, 15) is 14.7 Å². The molecule has 5 nitrogen and oxygen atoms in total. The molecule has 0 bridgehead atoms. The average Bonchev–Trinajstić information content (AvgIpc) is 2.86. The number of aliphatic carboxylic acids is 1. The molecule has 1 aromatic carbocycles. The SMILES string of the molecule is CCn1c(C(=O)N2CCCC(C(=O)O)C2)c(C)c2ccccc21. The van der Waals surface area contributed by atoms with Gasteiger partial charge in [-0.1, -0.05) is 18.2 Å². The number of likely N-dealkylation sites (tertiary alicyclic amines) is 1. The summed E-state index contributed by atoms with van der Waals surface area (Å²) >= 11 is 0. The average molecular weight is 314 g/mol. The number of benzene rings is 1. The largest absolute Gasteiger partial charge is 0.481 e. The molecule has 1 N–H and O–H groups in total. The van der Waals surface area contributed by atoms with Crippen LogP contribution in [0.2, 0.25) is 0 Å². The number of carboxylic acids is 1. The van der Waals surface area contributed by atoms with Crippen LogP contribution in [0, 0.1) is 12.8 Å². The Labute approximate surface area is 135 Å². The lowest BCUT2D eigenvalue weighted by molar-refractivity contribution is -0.143. The molecule has 0 saturated carbocycles. The number of piperidine rings is 1. The lowest BCUT2D eigenvalue weighted by atomic mass is 9.98. The fraction of sp³-hybridized carbons (Fsp3) is 0.444. The van der Waals surface area contributed by atoms with Gasteiger partial charge in [0.05, 0.1) is 5.92 Å². The number of carbonyl (C=O) groups is 2. The molecule has 1 aliphatic heterocycles. The van der Waals surface area contributed by atoms with Crippen LogP contribution in [-0.4, -0.2) is 39.5 Å². The van der Waals surface area contributed by atoms with Crippen molar-refractivity contribution in [3.8, 4) is 0 Å². The molecule has 0 aliphatic carbocycles. The van der Waals surface area contributed by atoms with Gasteiger partial charge in [0.15, 0.2) is 0 Å². The van der Waals surface area contributed by atoms with Crippen LogP contribution in [0.5, 0.6) is 0 Å². The predicted molar refractivity (Wildman–Crippen MR) is 88.6 cm³/mol. The predicted octanol–water partition coefficient (Wildman–Crippen LogP) is 2.91. The number of aryl methyl sites for hydroxylation is 2. The molecule has 1 fully saturated rings. The first-order valence-electron chi connectivity index (χ1n) is 8.14. The molecule has 1 unspecified atom stereocenters. The third-order valence-corrected chi connectivity index (χ3v) is 4.80. The van der Waals surface area contributed by atoms with Gasteiger partial charge in [0.25, 0.3) is 5.91 Å². The van der Waals surface area contributed by atoms with Crippen molar-refractivity contribution in [3.63, 3.8) is 0 Å². The van der Waals surface area contributed by atoms with Gasteiger partial charge in [-0.25, -0.2) is 0 Å². The zero-order valence-electron chi connectivity index (χ0n) is 13.6. The quantitative estimate of drug-likeness (QED) is 0.947. The van der Waals surface area contributed by atoms with Crippen molar-refractivity contribution in [2.45, 2.75) is 33.2 Å². The second-order valence-electron chi connectivity index (χ2n) is 6.16. The minimum absolute atomic E-state index is 0.0495. The van der Waals surface area contributed by atoms with Crippen LogP contribution in [0.25, 0.3) is 10.9 Å². The topological polar surface area (TPSA) is 62.5 Å². The Balaban J connectivity index is 2.01. The summed E-state index contributed by atoms with van der Waals surface area (Å²) < 4.78 is 2.04. The van der Waals surface area contributed by atoms with Crippen molar-refractivity contribution >= 4 is 22.8 Å². The summed E-state index contributed by atoms with van der Waals surface area (Å²) in [5.74, 6) is -1.31. The molecule has 122 valence electrons. The maximum Gasteiger partial charge on any atom is 0.308 e. The second-order valence-corrected chi connectivity index (χ2v) is 6.16. The fourth-order valence-corrected chi connectivity index (χ4v) is 3.59. The molecule has 1 aromatic heterocycles. The summed E-state index contributed by atoms with van der Waals surface area (Å²) in [7, 11) is 0. The normalized spacial score (nSPS) is 18.3. The third kappa shape index (κ3) is 2.60. The Morgan fingerprint density at radius 3 is 2.74 bits per heavy atom. The molecule has 23 heavy (non-hydrogen) atoms. The lowest BCUT2D eigenvalue weighted by Crippen LogP contribution is -2.43. The highest BCUT2D eigenvalue weighted by Crippen LogP contribution is 2.28. The van der Waals surface area contributed by atoms with Gasteiger partial charge in [-0.05, 0) is 38.3 Å². The smallest absolute Gasteiger partial charge is 0.308 e. The van der Waals surface area contributed by atoms with Crippen molar-refractivity contribution in [1.29, 1.82) is 0 Å². The Morgan fingerprint density at radius 2 is 2.04 bits per heavy atom. The maximum atomic E-state index is 13.1. The van der Waals surface area contributed by atoms with Gasteiger partial charge in [-0.15, -0.1) is 0 Å². The van der Waals surface area contributed by atoms with E-state index in [4.69, 9.17) is 0 Å². The molecule has 3 rings (SSSR count). The zero-order valence-corrected chi connectivity index (χ0v) is 13.6. The third-order valence-electron chi connectivity index (χ3n) is 4.80. The molecule has 0 spiro atoms. The fourth-order valence-electron chi connectivity index (χ4n) is 3.59. The Kier molecular flexibility index (Phi) is 4.11. The van der Waals surface area contributed by atoms with Gasteiger partial charge in [-0.3, -0.25) is 9.59 Å². The van der Waals surface area contributed by atoms with Gasteiger partial charge < -0.3 is 14.6 Å². The molecular formula is C18H22N2O3. The van der Waals surface area contributed by atoms with Crippen LogP contribution in [0.1, 0.15) is 35.8 Å². The van der Waals surface area contributed by atoms with Gasteiger partial charge in [0, 0.05) is 30.5 Å². The standard InChI is InChI=1S/C18H22N2O3/c1-3-20-15-9-5-4-8-14(15)12(2)16(20)17(21)19-10-6-7-13(11-19)18(22)23/h4-5,8-9,13H,3,6-7,10-11H2,1-2H3,(H,22,23). The molecule has 2 heterocycles. The summed E-state index contributed by atoms with van der Waals surface area (Å²) in [5, 5.41) is 10.3. The molecule has 0 radical (unpaired) electrons. The van der Waals surface area contributed by atoms with Crippen molar-refractivity contribution < 1.29 is 14.7 Å². The van der Waals surface area contributed by atoms with E-state index >= 15 is 0 Å². The van der Waals surface area contributed by atoms with Crippen molar-refractivity contribution in [1.82, 2.24) is 9.47 Å². The molecule has 1 amide bonds. The number of nitrogens with zero attached hydrogens (tertiary/aromatic N) is 2. The van der Waals surface area contributed by atoms with Crippen LogP contribution in [-0.2, 0) is 11.3 Å². The van der Waals surface area contributed by atoms with Crippen LogP contribution in [0.15, 0.2) is 24.3 Å². The van der Waals surface area contributed by atoms with Crippen LogP contribution < -0.4 is 0 Å². The number of carboxylic acid groups (broad SMARTS) is 1. The first-order chi connectivity index (χ1) is 11.0. The summed E-state index contributed by atoms with van der Waals surface area (Å²) in [6.45, 7) is 5.65. The summed E-state index contributed by atoms with van der Waals surface area (Å²) in [5.41, 5.74) is 2.73. The van der Waals surface area contributed by atoms with E-state index < -0.39 is 11.9 Å². The van der Waals surface area contributed by atoms with E-state index in [0.717, 1.165) is 22.9 Å². The monoisotopic (exact) mass is 314 g/mol. The number of rotatable bonds is 3. The number of amides is 1. The summed E-state index contributed by atoms with van der Waals surface area (Å²) in [6, 6.07) is 8.01. The number of para-hydroxylation sites is 1. The number of aromatic nitrogens is 1. The number of hydrogen-bond donors (Lipinski definition) is 1. The van der Waals surface area contributed by atoms with E-state index in [1.54, 1.807) is 4.90 Å². The van der Waals surface area contributed by atoms with E-state index in [-0.39, 0.29) is 5.91 Å². The van der Waals surface area contributed by atoms with Gasteiger partial charge in [-0.2, -0.15) is 0 Å². The molecular weight excluding hydrogens is 292 g/mol. The first-order valence-corrected chi connectivity index (χ1v) is 8.14.